The quantitative estimate of drug-likeness (QED) is 0.419. The first-order chi connectivity index (χ1) is 13.4. The number of benzene rings is 2. The number of phenols is 1. The molecule has 0 aliphatic rings. The van der Waals surface area contributed by atoms with E-state index in [2.05, 4.69) is 10.3 Å². The van der Waals surface area contributed by atoms with E-state index in [0.717, 1.165) is 5.56 Å². The molecule has 28 heavy (non-hydrogen) atoms. The highest BCUT2D eigenvalue weighted by atomic mass is 16.5. The molecule has 3 aromatic rings. The Morgan fingerprint density at radius 1 is 1.21 bits per heavy atom. The number of hydrogen-bond acceptors (Lipinski definition) is 6. The maximum atomic E-state index is 11.5. The predicted octanol–water partition coefficient (Wildman–Crippen LogP) is 1.76. The van der Waals surface area contributed by atoms with Gasteiger partial charge in [-0.1, -0.05) is 12.1 Å². The second-order valence-electron chi connectivity index (χ2n) is 6.26. The van der Waals surface area contributed by atoms with E-state index in [1.54, 1.807) is 18.2 Å². The van der Waals surface area contributed by atoms with Gasteiger partial charge in [0.05, 0.1) is 24.3 Å². The highest BCUT2D eigenvalue weighted by Crippen LogP contribution is 2.28. The number of pyridine rings is 1. The molecule has 5 N–H and O–H groups in total. The van der Waals surface area contributed by atoms with Gasteiger partial charge in [0, 0.05) is 30.1 Å². The molecular formula is C20H20N2O6. The summed E-state index contributed by atoms with van der Waals surface area (Å²) in [5, 5.41) is 33.2. The van der Waals surface area contributed by atoms with E-state index in [9.17, 15) is 19.8 Å². The first-order valence-corrected chi connectivity index (χ1v) is 8.54. The van der Waals surface area contributed by atoms with E-state index in [4.69, 9.17) is 9.84 Å². The summed E-state index contributed by atoms with van der Waals surface area (Å²) in [6.07, 6.45) is -0.890. The molecule has 1 atom stereocenters. The van der Waals surface area contributed by atoms with Crippen LogP contribution in [0, 0.1) is 0 Å². The molecule has 0 aliphatic carbocycles. The first kappa shape index (κ1) is 19.4. The number of carboxylic acids is 1. The van der Waals surface area contributed by atoms with Gasteiger partial charge in [0.2, 0.25) is 5.56 Å². The molecule has 1 aromatic heterocycles. The van der Waals surface area contributed by atoms with Crippen LogP contribution in [0.4, 0.5) is 0 Å². The lowest BCUT2D eigenvalue weighted by molar-refractivity contribution is 0.0696. The average Bonchev–Trinajstić information content (AvgIpc) is 2.68. The van der Waals surface area contributed by atoms with Gasteiger partial charge in [-0.2, -0.15) is 0 Å². The zero-order valence-electron chi connectivity index (χ0n) is 15.1. The van der Waals surface area contributed by atoms with Crippen LogP contribution in [0.2, 0.25) is 0 Å². The van der Waals surface area contributed by atoms with Crippen LogP contribution in [0.25, 0.3) is 10.9 Å². The normalized spacial score (nSPS) is 12.1. The first-order valence-electron chi connectivity index (χ1n) is 8.54. The van der Waals surface area contributed by atoms with E-state index in [1.165, 1.54) is 31.4 Å². The minimum Gasteiger partial charge on any atom is -0.506 e. The van der Waals surface area contributed by atoms with Gasteiger partial charge in [-0.05, 0) is 29.8 Å². The number of aromatic hydroxyl groups is 1. The van der Waals surface area contributed by atoms with Crippen molar-refractivity contribution in [1.29, 1.82) is 0 Å². The number of rotatable bonds is 7. The second-order valence-corrected chi connectivity index (χ2v) is 6.26. The average molecular weight is 384 g/mol. The molecule has 0 unspecified atom stereocenters. The largest absolute Gasteiger partial charge is 0.506 e. The van der Waals surface area contributed by atoms with Crippen molar-refractivity contribution in [3.05, 3.63) is 69.5 Å². The fraction of sp³-hybridized carbons (Fsp3) is 0.200. The maximum absolute atomic E-state index is 11.5. The number of methoxy groups -OCH3 is 1. The fourth-order valence-electron chi connectivity index (χ4n) is 3.03. The number of H-pyrrole nitrogens is 1. The summed E-state index contributed by atoms with van der Waals surface area (Å²) in [5.41, 5.74) is 1.37. The highest BCUT2D eigenvalue weighted by Gasteiger charge is 2.15. The van der Waals surface area contributed by atoms with Crippen molar-refractivity contribution in [2.75, 3.05) is 13.7 Å². The summed E-state index contributed by atoms with van der Waals surface area (Å²) in [6, 6.07) is 10.5. The summed E-state index contributed by atoms with van der Waals surface area (Å²) in [4.78, 5) is 25.1. The number of aromatic carboxylic acids is 1. The minimum atomic E-state index is -1.04. The molecule has 0 bridgehead atoms. The number of ether oxygens (including phenoxy) is 1. The third-order valence-electron chi connectivity index (χ3n) is 4.45. The molecule has 3 rings (SSSR count). The summed E-state index contributed by atoms with van der Waals surface area (Å²) >= 11 is 0. The number of phenolic OH excluding ortho intramolecular Hbond substituents is 1. The Kier molecular flexibility index (Phi) is 5.62. The van der Waals surface area contributed by atoms with Crippen LogP contribution in [0.3, 0.4) is 0 Å². The fourth-order valence-corrected chi connectivity index (χ4v) is 3.03. The van der Waals surface area contributed by atoms with E-state index in [1.807, 2.05) is 0 Å². The standard InChI is InChI=1S/C20H20N2O6/c1-28-17-8-11(20(26)27)2-3-12(17)9-21-10-16(24)13-4-6-15(23)19-14(13)5-7-18(25)22-19/h2-8,16,21,23-24H,9-10H2,1H3,(H,22,25)(H,26,27)/t16-/m0/s1. The van der Waals surface area contributed by atoms with Gasteiger partial charge in [0.15, 0.2) is 0 Å². The van der Waals surface area contributed by atoms with E-state index < -0.39 is 12.1 Å². The van der Waals surface area contributed by atoms with Crippen LogP contribution in [0.1, 0.15) is 27.6 Å². The molecule has 0 saturated carbocycles. The van der Waals surface area contributed by atoms with Crippen LogP contribution in [0.15, 0.2) is 47.3 Å². The van der Waals surface area contributed by atoms with Gasteiger partial charge in [-0.15, -0.1) is 0 Å². The molecule has 0 spiro atoms. The molecule has 8 nitrogen and oxygen atoms in total. The monoisotopic (exact) mass is 384 g/mol. The lowest BCUT2D eigenvalue weighted by Crippen LogP contribution is -2.21. The van der Waals surface area contributed by atoms with Gasteiger partial charge in [0.25, 0.3) is 0 Å². The van der Waals surface area contributed by atoms with Crippen LogP contribution in [-0.2, 0) is 6.54 Å². The van der Waals surface area contributed by atoms with Crippen molar-refractivity contribution < 1.29 is 24.9 Å². The van der Waals surface area contributed by atoms with E-state index >= 15 is 0 Å². The van der Waals surface area contributed by atoms with Gasteiger partial charge in [0.1, 0.15) is 11.5 Å². The third-order valence-corrected chi connectivity index (χ3v) is 4.45. The zero-order valence-corrected chi connectivity index (χ0v) is 15.1. The topological polar surface area (TPSA) is 132 Å². The van der Waals surface area contributed by atoms with Gasteiger partial charge >= 0.3 is 5.97 Å². The number of hydrogen-bond donors (Lipinski definition) is 5. The molecule has 2 aromatic carbocycles. The Morgan fingerprint density at radius 2 is 2.00 bits per heavy atom. The van der Waals surface area contributed by atoms with Crippen LogP contribution < -0.4 is 15.6 Å². The molecule has 146 valence electrons. The minimum absolute atomic E-state index is 0.0696. The third kappa shape index (κ3) is 3.98. The van der Waals surface area contributed by atoms with Crippen molar-refractivity contribution in [3.8, 4) is 11.5 Å². The van der Waals surface area contributed by atoms with Gasteiger partial charge in [-0.3, -0.25) is 4.79 Å². The SMILES string of the molecule is COc1cc(C(=O)O)ccc1CNC[C@H](O)c1ccc(O)c2[nH]c(=O)ccc12. The lowest BCUT2D eigenvalue weighted by Gasteiger charge is -2.16. The summed E-state index contributed by atoms with van der Waals surface area (Å²) in [7, 11) is 1.46. The predicted molar refractivity (Wildman–Crippen MR) is 103 cm³/mol. The molecule has 8 heteroatoms. The van der Waals surface area contributed by atoms with Crippen molar-refractivity contribution >= 4 is 16.9 Å². The van der Waals surface area contributed by atoms with Gasteiger partial charge < -0.3 is 30.4 Å². The molecule has 0 amide bonds. The zero-order chi connectivity index (χ0) is 20.3. The van der Waals surface area contributed by atoms with E-state index in [0.29, 0.717) is 23.2 Å². The lowest BCUT2D eigenvalue weighted by atomic mass is 10.0. The number of aliphatic hydroxyl groups excluding tert-OH is 1. The van der Waals surface area contributed by atoms with Crippen LogP contribution in [0.5, 0.6) is 11.5 Å². The maximum Gasteiger partial charge on any atom is 0.335 e. The second kappa shape index (κ2) is 8.12. The number of aliphatic hydroxyl groups is 1. The Balaban J connectivity index is 1.74. The van der Waals surface area contributed by atoms with Crippen molar-refractivity contribution in [2.24, 2.45) is 0 Å². The summed E-state index contributed by atoms with van der Waals surface area (Å²) in [6.45, 7) is 0.551. The molecule has 0 saturated heterocycles. The number of aromatic nitrogens is 1. The van der Waals surface area contributed by atoms with Crippen molar-refractivity contribution in [2.45, 2.75) is 12.6 Å². The number of aromatic amines is 1. The Bertz CT molecular complexity index is 1080. The number of carbonyl (C=O) groups is 1. The Morgan fingerprint density at radius 3 is 2.71 bits per heavy atom. The number of nitrogens with one attached hydrogen (secondary N) is 2. The number of fused-ring (bicyclic) bond motifs is 1. The molecule has 0 radical (unpaired) electrons. The van der Waals surface area contributed by atoms with Crippen LogP contribution in [-0.4, -0.2) is 39.9 Å². The summed E-state index contributed by atoms with van der Waals surface area (Å²) in [5.74, 6) is -0.667. The smallest absolute Gasteiger partial charge is 0.335 e. The van der Waals surface area contributed by atoms with Crippen LogP contribution >= 0.6 is 0 Å². The molecule has 0 aliphatic heterocycles. The summed E-state index contributed by atoms with van der Waals surface area (Å²) < 4.78 is 5.23. The van der Waals surface area contributed by atoms with E-state index in [-0.39, 0.29) is 28.9 Å². The molecule has 1 heterocycles. The Hall–Kier alpha value is -3.36. The highest BCUT2D eigenvalue weighted by molar-refractivity contribution is 5.88. The molecule has 0 fully saturated rings. The Labute approximate surface area is 160 Å². The van der Waals surface area contributed by atoms with Gasteiger partial charge in [-0.25, -0.2) is 4.79 Å². The number of carboxylic acid groups (broad SMARTS) is 1. The molecular weight excluding hydrogens is 364 g/mol. The van der Waals surface area contributed by atoms with Crippen molar-refractivity contribution in [1.82, 2.24) is 10.3 Å². The van der Waals surface area contributed by atoms with Crippen molar-refractivity contribution in [3.63, 3.8) is 0 Å².